The molecule has 124 valence electrons. The molecule has 0 aliphatic carbocycles. The summed E-state index contributed by atoms with van der Waals surface area (Å²) < 4.78 is 10.6. The molecule has 1 aromatic heterocycles. The van der Waals surface area contributed by atoms with Crippen LogP contribution in [0.5, 0.6) is 23.0 Å². The Hall–Kier alpha value is -3.19. The van der Waals surface area contributed by atoms with E-state index >= 15 is 0 Å². The Morgan fingerprint density at radius 2 is 1.83 bits per heavy atom. The van der Waals surface area contributed by atoms with Crippen LogP contribution in [-0.4, -0.2) is 27.5 Å². The van der Waals surface area contributed by atoms with Gasteiger partial charge in [0, 0.05) is 17.7 Å². The van der Waals surface area contributed by atoms with Gasteiger partial charge in [0.25, 0.3) is 0 Å². The minimum absolute atomic E-state index is 0.0308. The molecular formula is C17H14O7. The van der Waals surface area contributed by atoms with Crippen LogP contribution in [0.3, 0.4) is 0 Å². The van der Waals surface area contributed by atoms with Crippen LogP contribution in [0.15, 0.2) is 39.5 Å². The van der Waals surface area contributed by atoms with Gasteiger partial charge < -0.3 is 29.6 Å². The lowest BCUT2D eigenvalue weighted by molar-refractivity contribution is 0.269. The van der Waals surface area contributed by atoms with Gasteiger partial charge in [-0.1, -0.05) is 0 Å². The highest BCUT2D eigenvalue weighted by Crippen LogP contribution is 2.36. The van der Waals surface area contributed by atoms with Gasteiger partial charge in [-0.15, -0.1) is 0 Å². The minimum atomic E-state index is -0.621. The SMILES string of the molecule is COc1cc(-c2cc(=O)c3c(O)c(CO)c(O)cc3o2)ccc1O. The zero-order chi connectivity index (χ0) is 17.4. The molecule has 0 fully saturated rings. The number of hydrogen-bond acceptors (Lipinski definition) is 7. The van der Waals surface area contributed by atoms with Gasteiger partial charge in [0.2, 0.25) is 0 Å². The largest absolute Gasteiger partial charge is 0.507 e. The van der Waals surface area contributed by atoms with Gasteiger partial charge in [-0.25, -0.2) is 0 Å². The molecule has 3 rings (SSSR count). The molecule has 0 unspecified atom stereocenters. The highest BCUT2D eigenvalue weighted by molar-refractivity contribution is 5.88. The lowest BCUT2D eigenvalue weighted by atomic mass is 10.1. The Labute approximate surface area is 135 Å². The third-order valence-corrected chi connectivity index (χ3v) is 3.70. The second-order valence-corrected chi connectivity index (χ2v) is 5.12. The smallest absolute Gasteiger partial charge is 0.197 e. The molecule has 0 saturated heterocycles. The maximum Gasteiger partial charge on any atom is 0.197 e. The molecule has 2 aromatic carbocycles. The van der Waals surface area contributed by atoms with E-state index < -0.39 is 17.8 Å². The summed E-state index contributed by atoms with van der Waals surface area (Å²) in [6.45, 7) is -0.621. The summed E-state index contributed by atoms with van der Waals surface area (Å²) in [4.78, 5) is 12.3. The number of hydrogen-bond donors (Lipinski definition) is 4. The first-order valence-corrected chi connectivity index (χ1v) is 6.96. The highest BCUT2D eigenvalue weighted by Gasteiger charge is 2.17. The molecule has 0 saturated carbocycles. The van der Waals surface area contributed by atoms with Crippen molar-refractivity contribution in [1.29, 1.82) is 0 Å². The van der Waals surface area contributed by atoms with Crippen LogP contribution in [-0.2, 0) is 6.61 Å². The van der Waals surface area contributed by atoms with Crippen molar-refractivity contribution in [3.05, 3.63) is 46.1 Å². The van der Waals surface area contributed by atoms with E-state index in [2.05, 4.69) is 0 Å². The second kappa shape index (κ2) is 5.78. The average Bonchev–Trinajstić information content (AvgIpc) is 2.54. The van der Waals surface area contributed by atoms with Gasteiger partial charge in [0.1, 0.15) is 28.2 Å². The summed E-state index contributed by atoms with van der Waals surface area (Å²) in [6.07, 6.45) is 0. The Morgan fingerprint density at radius 3 is 2.50 bits per heavy atom. The lowest BCUT2D eigenvalue weighted by Crippen LogP contribution is -2.02. The van der Waals surface area contributed by atoms with Gasteiger partial charge >= 0.3 is 0 Å². The second-order valence-electron chi connectivity index (χ2n) is 5.12. The quantitative estimate of drug-likeness (QED) is 0.580. The summed E-state index contributed by atoms with van der Waals surface area (Å²) >= 11 is 0. The summed E-state index contributed by atoms with van der Waals surface area (Å²) in [5.74, 6) is -0.590. The molecule has 0 amide bonds. The fourth-order valence-corrected chi connectivity index (χ4v) is 2.46. The zero-order valence-corrected chi connectivity index (χ0v) is 12.6. The number of methoxy groups -OCH3 is 1. The molecule has 4 N–H and O–H groups in total. The topological polar surface area (TPSA) is 120 Å². The Morgan fingerprint density at radius 1 is 1.08 bits per heavy atom. The van der Waals surface area contributed by atoms with Gasteiger partial charge in [0.15, 0.2) is 16.9 Å². The van der Waals surface area contributed by atoms with Crippen molar-refractivity contribution < 1.29 is 29.6 Å². The summed E-state index contributed by atoms with van der Waals surface area (Å²) in [7, 11) is 1.39. The van der Waals surface area contributed by atoms with Crippen LogP contribution in [0.4, 0.5) is 0 Å². The monoisotopic (exact) mass is 330 g/mol. The van der Waals surface area contributed by atoms with Crippen LogP contribution in [0.25, 0.3) is 22.3 Å². The molecule has 7 heteroatoms. The van der Waals surface area contributed by atoms with Crippen LogP contribution in [0.2, 0.25) is 0 Å². The van der Waals surface area contributed by atoms with Crippen molar-refractivity contribution in [3.8, 4) is 34.3 Å². The Kier molecular flexibility index (Phi) is 3.78. The van der Waals surface area contributed by atoms with Crippen molar-refractivity contribution in [2.45, 2.75) is 6.61 Å². The number of fused-ring (bicyclic) bond motifs is 1. The maximum absolute atomic E-state index is 12.3. The highest BCUT2D eigenvalue weighted by atomic mass is 16.5. The molecule has 0 aliphatic rings. The Bertz CT molecular complexity index is 988. The molecule has 1 heterocycles. The average molecular weight is 330 g/mol. The normalized spacial score (nSPS) is 10.9. The summed E-state index contributed by atoms with van der Waals surface area (Å²) in [6, 6.07) is 6.74. The molecule has 0 atom stereocenters. The van der Waals surface area contributed by atoms with Gasteiger partial charge in [-0.3, -0.25) is 4.79 Å². The number of aliphatic hydroxyl groups is 1. The minimum Gasteiger partial charge on any atom is -0.507 e. The van der Waals surface area contributed by atoms with Crippen molar-refractivity contribution in [2.24, 2.45) is 0 Å². The van der Waals surface area contributed by atoms with Crippen LogP contribution >= 0.6 is 0 Å². The first-order valence-electron chi connectivity index (χ1n) is 6.96. The summed E-state index contributed by atoms with van der Waals surface area (Å²) in [5.41, 5.74) is -0.245. The van der Waals surface area contributed by atoms with Crippen molar-refractivity contribution in [1.82, 2.24) is 0 Å². The first kappa shape index (κ1) is 15.7. The number of ether oxygens (including phenoxy) is 1. The maximum atomic E-state index is 12.3. The standard InChI is InChI=1S/C17H14O7/c1-23-14-4-8(2-3-10(14)19)13-6-12(21)16-15(24-13)5-11(20)9(7-18)17(16)22/h2-6,18-20,22H,7H2,1H3. The molecule has 0 bridgehead atoms. The van der Waals surface area contributed by atoms with E-state index in [1.54, 1.807) is 0 Å². The molecule has 0 radical (unpaired) electrons. The molecule has 3 aromatic rings. The molecule has 24 heavy (non-hydrogen) atoms. The van der Waals surface area contributed by atoms with E-state index in [1.807, 2.05) is 0 Å². The predicted octanol–water partition coefficient (Wildman–Crippen LogP) is 2.08. The van der Waals surface area contributed by atoms with E-state index in [0.29, 0.717) is 5.56 Å². The zero-order valence-electron chi connectivity index (χ0n) is 12.6. The van der Waals surface area contributed by atoms with E-state index in [0.717, 1.165) is 6.07 Å². The van der Waals surface area contributed by atoms with Gasteiger partial charge in [0.05, 0.1) is 19.3 Å². The van der Waals surface area contributed by atoms with Crippen molar-refractivity contribution >= 4 is 11.0 Å². The van der Waals surface area contributed by atoms with Crippen LogP contribution in [0, 0.1) is 0 Å². The summed E-state index contributed by atoms with van der Waals surface area (Å²) in [5, 5.41) is 38.6. The number of aliphatic hydroxyl groups excluding tert-OH is 1. The number of rotatable bonds is 3. The van der Waals surface area contributed by atoms with E-state index in [1.165, 1.54) is 31.4 Å². The van der Waals surface area contributed by atoms with E-state index in [-0.39, 0.29) is 39.5 Å². The fraction of sp³-hybridized carbons (Fsp3) is 0.118. The Balaban J connectivity index is 2.27. The number of phenolic OH excluding ortho intramolecular Hbond substituents is 1. The number of phenols is 3. The third kappa shape index (κ3) is 2.40. The lowest BCUT2D eigenvalue weighted by Gasteiger charge is -2.10. The van der Waals surface area contributed by atoms with E-state index in [4.69, 9.17) is 9.15 Å². The number of aromatic hydroxyl groups is 3. The fourth-order valence-electron chi connectivity index (χ4n) is 2.46. The first-order chi connectivity index (χ1) is 11.5. The predicted molar refractivity (Wildman–Crippen MR) is 85.4 cm³/mol. The van der Waals surface area contributed by atoms with Crippen molar-refractivity contribution in [3.63, 3.8) is 0 Å². The third-order valence-electron chi connectivity index (χ3n) is 3.70. The molecular weight excluding hydrogens is 316 g/mol. The van der Waals surface area contributed by atoms with Crippen LogP contribution < -0.4 is 10.2 Å². The number of benzene rings is 2. The van der Waals surface area contributed by atoms with Crippen LogP contribution in [0.1, 0.15) is 5.56 Å². The molecule has 7 nitrogen and oxygen atoms in total. The van der Waals surface area contributed by atoms with Crippen molar-refractivity contribution in [2.75, 3.05) is 7.11 Å². The molecule has 0 aliphatic heterocycles. The van der Waals surface area contributed by atoms with E-state index in [9.17, 15) is 25.2 Å². The van der Waals surface area contributed by atoms with Gasteiger partial charge in [-0.2, -0.15) is 0 Å². The van der Waals surface area contributed by atoms with Gasteiger partial charge in [-0.05, 0) is 18.2 Å². The molecule has 0 spiro atoms.